The van der Waals surface area contributed by atoms with Crippen molar-refractivity contribution in [2.45, 2.75) is 25.0 Å². The molecule has 0 saturated heterocycles. The Morgan fingerprint density at radius 3 is 2.64 bits per heavy atom. The van der Waals surface area contributed by atoms with Gasteiger partial charge in [0.1, 0.15) is 0 Å². The molecule has 1 fully saturated rings. The van der Waals surface area contributed by atoms with Crippen molar-refractivity contribution in [2.75, 3.05) is 19.0 Å². The van der Waals surface area contributed by atoms with E-state index >= 15 is 0 Å². The molecule has 0 bridgehead atoms. The molecule has 0 aromatic heterocycles. The summed E-state index contributed by atoms with van der Waals surface area (Å²) in [5, 5.41) is -0.0854. The Morgan fingerprint density at radius 2 is 2.14 bits per heavy atom. The van der Waals surface area contributed by atoms with E-state index in [0.29, 0.717) is 11.6 Å². The number of hydrogen-bond acceptors (Lipinski definition) is 4. The zero-order valence-corrected chi connectivity index (χ0v) is 15.0. The summed E-state index contributed by atoms with van der Waals surface area (Å²) >= 11 is 11.3. The maximum absolute atomic E-state index is 12.5. The van der Waals surface area contributed by atoms with Crippen molar-refractivity contribution in [3.63, 3.8) is 0 Å². The smallest absolute Gasteiger partial charge is 0.154 e. The summed E-state index contributed by atoms with van der Waals surface area (Å²) in [4.78, 5) is 0.188. The van der Waals surface area contributed by atoms with Gasteiger partial charge in [-0.2, -0.15) is 0 Å². The van der Waals surface area contributed by atoms with Gasteiger partial charge in [0, 0.05) is 23.3 Å². The Balaban J connectivity index is 2.51. The number of rotatable bonds is 7. The Hall–Kier alpha value is -0.690. The van der Waals surface area contributed by atoms with Gasteiger partial charge >= 0.3 is 0 Å². The fraction of sp³-hybridized carbons (Fsp3) is 0.533. The van der Waals surface area contributed by atoms with Crippen molar-refractivity contribution in [2.24, 2.45) is 11.1 Å². The van der Waals surface area contributed by atoms with Crippen LogP contribution in [-0.2, 0) is 14.6 Å². The molecule has 0 aliphatic heterocycles. The third-order valence-electron chi connectivity index (χ3n) is 4.26. The molecule has 2 N–H and O–H groups in total. The van der Waals surface area contributed by atoms with Crippen LogP contribution in [0.4, 0.5) is 0 Å². The molecule has 0 spiro atoms. The van der Waals surface area contributed by atoms with E-state index in [-0.39, 0.29) is 23.3 Å². The van der Waals surface area contributed by atoms with Gasteiger partial charge in [-0.1, -0.05) is 42.9 Å². The fourth-order valence-corrected chi connectivity index (χ4v) is 5.76. The first-order valence-corrected chi connectivity index (χ1v) is 9.66. The van der Waals surface area contributed by atoms with Gasteiger partial charge < -0.3 is 10.5 Å². The van der Waals surface area contributed by atoms with Gasteiger partial charge in [0.15, 0.2) is 9.84 Å². The molecule has 7 heteroatoms. The van der Waals surface area contributed by atoms with Crippen molar-refractivity contribution >= 4 is 38.6 Å². The zero-order valence-electron chi connectivity index (χ0n) is 12.6. The number of hydrogen-bond donors (Lipinski definition) is 1. The lowest BCUT2D eigenvalue weighted by Gasteiger charge is -2.16. The minimum Gasteiger partial charge on any atom is -0.393 e. The highest BCUT2D eigenvalue weighted by Gasteiger charge is 2.72. The van der Waals surface area contributed by atoms with Crippen LogP contribution in [0.3, 0.4) is 0 Å². The lowest BCUT2D eigenvalue weighted by molar-refractivity contribution is 0.121. The molecule has 0 radical (unpaired) electrons. The Labute approximate surface area is 141 Å². The van der Waals surface area contributed by atoms with E-state index in [1.807, 2.05) is 13.0 Å². The summed E-state index contributed by atoms with van der Waals surface area (Å²) in [5.74, 6) is -0.259. The molecule has 122 valence electrons. The number of sulfone groups is 1. The lowest BCUT2D eigenvalue weighted by atomic mass is 10.00. The average molecular weight is 362 g/mol. The number of nitrogens with two attached hydrogens (primary N) is 1. The van der Waals surface area contributed by atoms with E-state index in [1.165, 1.54) is 0 Å². The average Bonchev–Trinajstić information content (AvgIpc) is 3.16. The molecule has 2 rings (SSSR count). The molecular formula is C15H20ClNO3S2. The van der Waals surface area contributed by atoms with Crippen molar-refractivity contribution in [3.05, 3.63) is 34.9 Å². The summed E-state index contributed by atoms with van der Waals surface area (Å²) in [5.41, 5.74) is 5.93. The quantitative estimate of drug-likeness (QED) is 0.756. The number of benzene rings is 1. The second kappa shape index (κ2) is 6.43. The Kier molecular flexibility index (Phi) is 5.16. The van der Waals surface area contributed by atoms with E-state index < -0.39 is 20.5 Å². The summed E-state index contributed by atoms with van der Waals surface area (Å²) < 4.78 is 30.5. The number of halogens is 1. The third-order valence-corrected chi connectivity index (χ3v) is 7.14. The fourth-order valence-electron chi connectivity index (χ4n) is 3.09. The van der Waals surface area contributed by atoms with E-state index in [2.05, 4.69) is 0 Å². The van der Waals surface area contributed by atoms with Gasteiger partial charge in [-0.25, -0.2) is 8.42 Å². The lowest BCUT2D eigenvalue weighted by Crippen LogP contribution is -2.34. The third kappa shape index (κ3) is 2.89. The molecule has 3 atom stereocenters. The standard InChI is InChI=1S/C15H20ClNO3S2/c1-3-20-9-15(14(17)21)12(13(15)22(18,19)4-2)10-6-5-7-11(16)8-10/h5-8,12-13H,3-4,9H2,1-2H3,(H2,17,21)/t12-,13-,15+/m1/s1. The van der Waals surface area contributed by atoms with Gasteiger partial charge in [0.25, 0.3) is 0 Å². The molecule has 1 saturated carbocycles. The first kappa shape index (κ1) is 17.7. The molecular weight excluding hydrogens is 342 g/mol. The van der Waals surface area contributed by atoms with E-state index in [4.69, 9.17) is 34.3 Å². The highest BCUT2D eigenvalue weighted by atomic mass is 35.5. The van der Waals surface area contributed by atoms with Crippen molar-refractivity contribution in [3.8, 4) is 0 Å². The van der Waals surface area contributed by atoms with Gasteiger partial charge in [0.2, 0.25) is 0 Å². The zero-order chi connectivity index (χ0) is 16.5. The normalized spacial score (nSPS) is 27.6. The SMILES string of the molecule is CCOC[C@]1(C(N)=S)[C@H](c2cccc(Cl)c2)[C@H]1S(=O)(=O)CC. The first-order valence-electron chi connectivity index (χ1n) is 7.16. The highest BCUT2D eigenvalue weighted by molar-refractivity contribution is 7.92. The second-order valence-electron chi connectivity index (χ2n) is 5.45. The molecule has 4 nitrogen and oxygen atoms in total. The molecule has 0 amide bonds. The van der Waals surface area contributed by atoms with Crippen molar-refractivity contribution in [1.29, 1.82) is 0 Å². The van der Waals surface area contributed by atoms with Crippen LogP contribution in [-0.4, -0.2) is 37.6 Å². The van der Waals surface area contributed by atoms with Gasteiger partial charge in [-0.3, -0.25) is 0 Å². The molecule has 1 aliphatic carbocycles. The summed E-state index contributed by atoms with van der Waals surface area (Å²) in [6, 6.07) is 7.19. The molecule has 22 heavy (non-hydrogen) atoms. The maximum atomic E-state index is 12.5. The molecule has 0 unspecified atom stereocenters. The van der Waals surface area contributed by atoms with E-state index in [1.54, 1.807) is 25.1 Å². The van der Waals surface area contributed by atoms with Crippen LogP contribution in [0, 0.1) is 5.41 Å². The van der Waals surface area contributed by atoms with Crippen LogP contribution in [0.15, 0.2) is 24.3 Å². The van der Waals surface area contributed by atoms with Crippen molar-refractivity contribution in [1.82, 2.24) is 0 Å². The number of ether oxygens (including phenoxy) is 1. The van der Waals surface area contributed by atoms with Crippen LogP contribution in [0.25, 0.3) is 0 Å². The van der Waals surface area contributed by atoms with Crippen LogP contribution < -0.4 is 5.73 Å². The topological polar surface area (TPSA) is 69.4 Å². The minimum absolute atomic E-state index is 0.0468. The van der Waals surface area contributed by atoms with Gasteiger partial charge in [0.05, 0.1) is 22.3 Å². The predicted octanol–water partition coefficient (Wildman–Crippen LogP) is 2.55. The molecule has 1 aliphatic rings. The van der Waals surface area contributed by atoms with Crippen molar-refractivity contribution < 1.29 is 13.2 Å². The van der Waals surface area contributed by atoms with E-state index in [0.717, 1.165) is 5.56 Å². The predicted molar refractivity (Wildman–Crippen MR) is 93.2 cm³/mol. The monoisotopic (exact) mass is 361 g/mol. The van der Waals surface area contributed by atoms with Crippen LogP contribution >= 0.6 is 23.8 Å². The number of thiocarbonyl (C=S) groups is 1. The Morgan fingerprint density at radius 1 is 1.45 bits per heavy atom. The van der Waals surface area contributed by atoms with Gasteiger partial charge in [-0.05, 0) is 24.6 Å². The highest BCUT2D eigenvalue weighted by Crippen LogP contribution is 2.63. The summed E-state index contributed by atoms with van der Waals surface area (Å²) in [6.07, 6.45) is 0. The minimum atomic E-state index is -3.31. The summed E-state index contributed by atoms with van der Waals surface area (Å²) in [6.45, 7) is 4.17. The van der Waals surface area contributed by atoms with Crippen LogP contribution in [0.5, 0.6) is 0 Å². The second-order valence-corrected chi connectivity index (χ2v) is 8.73. The van der Waals surface area contributed by atoms with E-state index in [9.17, 15) is 8.42 Å². The molecule has 1 aromatic carbocycles. The largest absolute Gasteiger partial charge is 0.393 e. The maximum Gasteiger partial charge on any atom is 0.154 e. The molecule has 1 aromatic rings. The van der Waals surface area contributed by atoms with Crippen LogP contribution in [0.1, 0.15) is 25.3 Å². The van der Waals surface area contributed by atoms with Crippen LogP contribution in [0.2, 0.25) is 5.02 Å². The Bertz CT molecular complexity index is 677. The summed E-state index contributed by atoms with van der Waals surface area (Å²) in [7, 11) is -3.31. The molecule has 0 heterocycles. The van der Waals surface area contributed by atoms with Gasteiger partial charge in [-0.15, -0.1) is 0 Å². The first-order chi connectivity index (χ1) is 10.3.